The molecule has 0 fully saturated rings. The third-order valence-electron chi connectivity index (χ3n) is 3.19. The van der Waals surface area contributed by atoms with Gasteiger partial charge in [0.05, 0.1) is 12.0 Å². The highest BCUT2D eigenvalue weighted by Crippen LogP contribution is 2.17. The van der Waals surface area contributed by atoms with E-state index in [0.29, 0.717) is 0 Å². The predicted octanol–water partition coefficient (Wildman–Crippen LogP) is 3.91. The highest BCUT2D eigenvalue weighted by molar-refractivity contribution is 5.58. The van der Waals surface area contributed by atoms with E-state index in [-0.39, 0.29) is 0 Å². The molecule has 0 radical (unpaired) electrons. The van der Waals surface area contributed by atoms with Crippen LogP contribution in [0.25, 0.3) is 11.3 Å². The average Bonchev–Trinajstić information content (AvgIpc) is 2.89. The molecule has 2 nitrogen and oxygen atoms in total. The zero-order chi connectivity index (χ0) is 13.1. The van der Waals surface area contributed by atoms with E-state index in [4.69, 9.17) is 0 Å². The van der Waals surface area contributed by atoms with Gasteiger partial charge >= 0.3 is 0 Å². The molecule has 3 aromatic rings. The molecule has 0 saturated carbocycles. The lowest BCUT2D eigenvalue weighted by molar-refractivity contribution is 0.797. The van der Waals surface area contributed by atoms with Crippen molar-refractivity contribution < 1.29 is 0 Å². The average molecular weight is 248 g/mol. The van der Waals surface area contributed by atoms with Crippen molar-refractivity contribution in [3.05, 3.63) is 78.2 Å². The van der Waals surface area contributed by atoms with E-state index in [9.17, 15) is 0 Å². The molecule has 2 aromatic carbocycles. The second-order valence-electron chi connectivity index (χ2n) is 4.78. The van der Waals surface area contributed by atoms with E-state index < -0.39 is 0 Å². The Balaban J connectivity index is 1.82. The maximum absolute atomic E-state index is 4.48. The van der Waals surface area contributed by atoms with Gasteiger partial charge in [-0.2, -0.15) is 0 Å². The van der Waals surface area contributed by atoms with Gasteiger partial charge in [-0.3, -0.25) is 0 Å². The summed E-state index contributed by atoms with van der Waals surface area (Å²) in [4.78, 5) is 4.48. The number of hydrogen-bond acceptors (Lipinski definition) is 1. The van der Waals surface area contributed by atoms with Crippen LogP contribution in [0.3, 0.4) is 0 Å². The van der Waals surface area contributed by atoms with Crippen molar-refractivity contribution >= 4 is 0 Å². The smallest absolute Gasteiger partial charge is 0.0956 e. The molecule has 1 heterocycles. The Bertz CT molecular complexity index is 651. The maximum atomic E-state index is 4.48. The molecule has 0 aliphatic heterocycles. The van der Waals surface area contributed by atoms with E-state index >= 15 is 0 Å². The Hall–Kier alpha value is -2.35. The van der Waals surface area contributed by atoms with Gasteiger partial charge in [0, 0.05) is 18.3 Å². The van der Waals surface area contributed by atoms with Gasteiger partial charge < -0.3 is 4.57 Å². The summed E-state index contributed by atoms with van der Waals surface area (Å²) in [5.74, 6) is 0. The van der Waals surface area contributed by atoms with Crippen molar-refractivity contribution in [2.24, 2.45) is 0 Å². The van der Waals surface area contributed by atoms with Crippen LogP contribution in [0.2, 0.25) is 0 Å². The topological polar surface area (TPSA) is 17.8 Å². The third kappa shape index (κ3) is 2.74. The number of aromatic nitrogens is 2. The van der Waals surface area contributed by atoms with Crippen LogP contribution >= 0.6 is 0 Å². The van der Waals surface area contributed by atoms with Gasteiger partial charge in [-0.05, 0) is 12.5 Å². The number of nitrogens with zero attached hydrogens (tertiary/aromatic N) is 2. The van der Waals surface area contributed by atoms with Crippen molar-refractivity contribution in [3.63, 3.8) is 0 Å². The Labute approximate surface area is 113 Å². The zero-order valence-corrected chi connectivity index (χ0v) is 11.0. The Kier molecular flexibility index (Phi) is 3.15. The fourth-order valence-electron chi connectivity index (χ4n) is 2.11. The number of hydrogen-bond donors (Lipinski definition) is 0. The monoisotopic (exact) mass is 248 g/mol. The van der Waals surface area contributed by atoms with Gasteiger partial charge in [0.25, 0.3) is 0 Å². The molecule has 0 amide bonds. The molecule has 0 saturated heterocycles. The van der Waals surface area contributed by atoms with Crippen molar-refractivity contribution in [2.45, 2.75) is 13.5 Å². The van der Waals surface area contributed by atoms with Crippen molar-refractivity contribution in [3.8, 4) is 11.3 Å². The molecular weight excluding hydrogens is 232 g/mol. The molecule has 3 rings (SSSR count). The molecule has 0 aliphatic rings. The summed E-state index contributed by atoms with van der Waals surface area (Å²) < 4.78 is 2.12. The summed E-state index contributed by atoms with van der Waals surface area (Å²) in [7, 11) is 0. The summed E-state index contributed by atoms with van der Waals surface area (Å²) in [6.45, 7) is 2.96. The molecule has 2 heteroatoms. The molecule has 19 heavy (non-hydrogen) atoms. The molecule has 1 aromatic heterocycles. The summed E-state index contributed by atoms with van der Waals surface area (Å²) in [5, 5.41) is 0. The second kappa shape index (κ2) is 5.11. The summed E-state index contributed by atoms with van der Waals surface area (Å²) in [6, 6.07) is 18.9. The number of imidazole rings is 1. The Morgan fingerprint density at radius 2 is 1.68 bits per heavy atom. The van der Waals surface area contributed by atoms with E-state index in [1.807, 2.05) is 12.4 Å². The summed E-state index contributed by atoms with van der Waals surface area (Å²) in [5.41, 5.74) is 4.75. The number of aryl methyl sites for hydroxylation is 1. The van der Waals surface area contributed by atoms with Gasteiger partial charge in [0.15, 0.2) is 0 Å². The zero-order valence-electron chi connectivity index (χ0n) is 11.0. The predicted molar refractivity (Wildman–Crippen MR) is 77.9 cm³/mol. The van der Waals surface area contributed by atoms with Crippen LogP contribution in [-0.2, 0) is 6.54 Å². The van der Waals surface area contributed by atoms with Crippen molar-refractivity contribution in [1.29, 1.82) is 0 Å². The first-order valence-electron chi connectivity index (χ1n) is 6.44. The number of benzene rings is 2. The molecule has 94 valence electrons. The molecule has 0 spiro atoms. The largest absolute Gasteiger partial charge is 0.332 e. The molecule has 0 atom stereocenters. The molecule has 0 N–H and O–H groups in total. The van der Waals surface area contributed by atoms with Crippen LogP contribution in [0.1, 0.15) is 11.1 Å². The first kappa shape index (κ1) is 11.7. The van der Waals surface area contributed by atoms with Crippen LogP contribution in [0, 0.1) is 6.92 Å². The number of rotatable bonds is 3. The molecule has 0 bridgehead atoms. The fraction of sp³-hybridized carbons (Fsp3) is 0.118. The lowest BCUT2D eigenvalue weighted by Crippen LogP contribution is -1.95. The minimum absolute atomic E-state index is 0.861. The highest BCUT2D eigenvalue weighted by atomic mass is 15.0. The first-order chi connectivity index (χ1) is 9.31. The summed E-state index contributed by atoms with van der Waals surface area (Å²) in [6.07, 6.45) is 3.99. The van der Waals surface area contributed by atoms with E-state index in [2.05, 4.69) is 71.2 Å². The van der Waals surface area contributed by atoms with Gasteiger partial charge in [-0.1, -0.05) is 60.2 Å². The van der Waals surface area contributed by atoms with Gasteiger partial charge in [-0.15, -0.1) is 0 Å². The SMILES string of the molecule is Cc1ccc(-c2cn(Cc3ccccc3)cn2)cc1. The van der Waals surface area contributed by atoms with Gasteiger partial charge in [0.2, 0.25) is 0 Å². The second-order valence-corrected chi connectivity index (χ2v) is 4.78. The minimum Gasteiger partial charge on any atom is -0.332 e. The third-order valence-corrected chi connectivity index (χ3v) is 3.19. The van der Waals surface area contributed by atoms with Crippen molar-refractivity contribution in [2.75, 3.05) is 0 Å². The van der Waals surface area contributed by atoms with E-state index in [1.165, 1.54) is 11.1 Å². The van der Waals surface area contributed by atoms with Crippen molar-refractivity contribution in [1.82, 2.24) is 9.55 Å². The molecule has 0 aliphatic carbocycles. The van der Waals surface area contributed by atoms with Gasteiger partial charge in [0.1, 0.15) is 0 Å². The fourth-order valence-corrected chi connectivity index (χ4v) is 2.11. The normalized spacial score (nSPS) is 10.6. The molecule has 0 unspecified atom stereocenters. The molecular formula is C17H16N2. The Morgan fingerprint density at radius 3 is 2.42 bits per heavy atom. The van der Waals surface area contributed by atoms with Crippen LogP contribution in [0.4, 0.5) is 0 Å². The first-order valence-corrected chi connectivity index (χ1v) is 6.44. The van der Waals surface area contributed by atoms with E-state index in [0.717, 1.165) is 17.8 Å². The van der Waals surface area contributed by atoms with Gasteiger partial charge in [-0.25, -0.2) is 4.98 Å². The lowest BCUT2D eigenvalue weighted by atomic mass is 10.1. The standard InChI is InChI=1S/C17H16N2/c1-14-7-9-16(10-8-14)17-12-19(13-18-17)11-15-5-3-2-4-6-15/h2-10,12-13H,11H2,1H3. The minimum atomic E-state index is 0.861. The lowest BCUT2D eigenvalue weighted by Gasteiger charge is -2.01. The van der Waals surface area contributed by atoms with Crippen LogP contribution in [0.5, 0.6) is 0 Å². The highest BCUT2D eigenvalue weighted by Gasteiger charge is 2.02. The maximum Gasteiger partial charge on any atom is 0.0956 e. The van der Waals surface area contributed by atoms with Crippen LogP contribution in [-0.4, -0.2) is 9.55 Å². The van der Waals surface area contributed by atoms with Crippen LogP contribution < -0.4 is 0 Å². The van der Waals surface area contributed by atoms with E-state index in [1.54, 1.807) is 0 Å². The summed E-state index contributed by atoms with van der Waals surface area (Å²) >= 11 is 0. The Morgan fingerprint density at radius 1 is 0.947 bits per heavy atom. The van der Waals surface area contributed by atoms with Crippen LogP contribution in [0.15, 0.2) is 67.1 Å². The quantitative estimate of drug-likeness (QED) is 0.687.